The maximum atomic E-state index is 5.92. The van der Waals surface area contributed by atoms with Crippen LogP contribution in [0, 0.1) is 0 Å². The van der Waals surface area contributed by atoms with Crippen LogP contribution in [0.4, 0.5) is 0 Å². The van der Waals surface area contributed by atoms with E-state index in [1.165, 1.54) is 5.56 Å². The van der Waals surface area contributed by atoms with Gasteiger partial charge in [-0.3, -0.25) is 0 Å². The number of benzene rings is 1. The van der Waals surface area contributed by atoms with Crippen LogP contribution in [0.5, 0.6) is 5.75 Å². The lowest BCUT2D eigenvalue weighted by Gasteiger charge is -2.13. The molecular weight excluding hydrogens is 417 g/mol. The van der Waals surface area contributed by atoms with Gasteiger partial charge in [-0.1, -0.05) is 18.2 Å². The number of hydrogen-bond donors (Lipinski definition) is 2. The molecule has 0 saturated heterocycles. The zero-order valence-electron chi connectivity index (χ0n) is 14.9. The second-order valence-corrected chi connectivity index (χ2v) is 5.97. The van der Waals surface area contributed by atoms with Crippen LogP contribution >= 0.6 is 24.0 Å². The van der Waals surface area contributed by atoms with Crippen LogP contribution in [0.3, 0.4) is 0 Å². The fourth-order valence-corrected chi connectivity index (χ4v) is 2.49. The minimum absolute atomic E-state index is 0. The van der Waals surface area contributed by atoms with Gasteiger partial charge in [0.05, 0.1) is 12.6 Å². The summed E-state index contributed by atoms with van der Waals surface area (Å²) in [5.41, 5.74) is 1.27. The summed E-state index contributed by atoms with van der Waals surface area (Å²) < 4.78 is 11.5. The first kappa shape index (κ1) is 21.0. The smallest absolute Gasteiger partial charge is 0.191 e. The first-order chi connectivity index (χ1) is 11.2. The van der Waals surface area contributed by atoms with Gasteiger partial charge in [0, 0.05) is 26.1 Å². The molecule has 1 aliphatic heterocycles. The molecule has 1 aromatic carbocycles. The number of guanidine groups is 1. The van der Waals surface area contributed by atoms with Crippen LogP contribution in [0.2, 0.25) is 0 Å². The summed E-state index contributed by atoms with van der Waals surface area (Å²) >= 11 is 0. The summed E-state index contributed by atoms with van der Waals surface area (Å²) in [6.45, 7) is 9.31. The summed E-state index contributed by atoms with van der Waals surface area (Å²) in [7, 11) is 0. The van der Waals surface area contributed by atoms with Crippen LogP contribution in [0.25, 0.3) is 0 Å². The van der Waals surface area contributed by atoms with Crippen LogP contribution in [0.1, 0.15) is 32.8 Å². The van der Waals surface area contributed by atoms with Crippen LogP contribution in [-0.4, -0.2) is 44.4 Å². The molecule has 2 rings (SSSR count). The Hall–Kier alpha value is -1.02. The Morgan fingerprint density at radius 1 is 1.33 bits per heavy atom. The van der Waals surface area contributed by atoms with Crippen molar-refractivity contribution in [2.75, 3.05) is 26.2 Å². The predicted octanol–water partition coefficient (Wildman–Crippen LogP) is 2.98. The fraction of sp³-hybridized carbons (Fsp3) is 0.611. The monoisotopic (exact) mass is 447 g/mol. The Morgan fingerprint density at radius 3 is 2.83 bits per heavy atom. The van der Waals surface area contributed by atoms with Crippen molar-refractivity contribution in [2.45, 2.75) is 45.8 Å². The van der Waals surface area contributed by atoms with Crippen molar-refractivity contribution in [3.63, 3.8) is 0 Å². The molecule has 6 heteroatoms. The van der Waals surface area contributed by atoms with Crippen LogP contribution in [0.15, 0.2) is 29.3 Å². The van der Waals surface area contributed by atoms with Gasteiger partial charge in [-0.2, -0.15) is 0 Å². The van der Waals surface area contributed by atoms with Crippen molar-refractivity contribution in [2.24, 2.45) is 4.99 Å². The quantitative estimate of drug-likeness (QED) is 0.279. The molecule has 5 nitrogen and oxygen atoms in total. The van der Waals surface area contributed by atoms with Gasteiger partial charge in [0.25, 0.3) is 0 Å². The SMILES string of the molecule is CCNC(=NCC1Cc2ccccc2O1)NCCCOC(C)C.I. The highest BCUT2D eigenvalue weighted by Crippen LogP contribution is 2.28. The Labute approximate surface area is 162 Å². The van der Waals surface area contributed by atoms with Gasteiger partial charge in [-0.05, 0) is 38.8 Å². The molecule has 0 amide bonds. The first-order valence-electron chi connectivity index (χ1n) is 8.57. The number of hydrogen-bond acceptors (Lipinski definition) is 3. The van der Waals surface area contributed by atoms with Crippen molar-refractivity contribution in [3.8, 4) is 5.75 Å². The summed E-state index contributed by atoms with van der Waals surface area (Å²) in [6, 6.07) is 8.21. The Balaban J connectivity index is 0.00000288. The van der Waals surface area contributed by atoms with Gasteiger partial charge in [-0.25, -0.2) is 4.99 Å². The average Bonchev–Trinajstić information content (AvgIpc) is 2.94. The third kappa shape index (κ3) is 7.25. The number of fused-ring (bicyclic) bond motifs is 1. The largest absolute Gasteiger partial charge is 0.488 e. The Kier molecular flexibility index (Phi) is 10.1. The lowest BCUT2D eigenvalue weighted by Crippen LogP contribution is -2.39. The molecule has 0 aromatic heterocycles. The van der Waals surface area contributed by atoms with E-state index < -0.39 is 0 Å². The van der Waals surface area contributed by atoms with Crippen molar-refractivity contribution in [3.05, 3.63) is 29.8 Å². The molecule has 0 fully saturated rings. The molecule has 1 heterocycles. The summed E-state index contributed by atoms with van der Waals surface area (Å²) in [4.78, 5) is 4.64. The molecular formula is C18H30IN3O2. The van der Waals surface area contributed by atoms with E-state index in [0.29, 0.717) is 6.54 Å². The minimum atomic E-state index is 0. The molecule has 1 aromatic rings. The lowest BCUT2D eigenvalue weighted by molar-refractivity contribution is 0.0776. The fourth-order valence-electron chi connectivity index (χ4n) is 2.49. The molecule has 0 radical (unpaired) electrons. The van der Waals surface area contributed by atoms with E-state index in [9.17, 15) is 0 Å². The first-order valence-corrected chi connectivity index (χ1v) is 8.57. The maximum Gasteiger partial charge on any atom is 0.191 e. The van der Waals surface area contributed by atoms with Crippen molar-refractivity contribution < 1.29 is 9.47 Å². The molecule has 1 aliphatic rings. The van der Waals surface area contributed by atoms with E-state index in [1.807, 2.05) is 12.1 Å². The van der Waals surface area contributed by atoms with Gasteiger partial charge < -0.3 is 20.1 Å². The van der Waals surface area contributed by atoms with Crippen LogP contribution < -0.4 is 15.4 Å². The van der Waals surface area contributed by atoms with Gasteiger partial charge in [-0.15, -0.1) is 24.0 Å². The van der Waals surface area contributed by atoms with Crippen molar-refractivity contribution in [1.82, 2.24) is 10.6 Å². The normalized spacial score (nSPS) is 16.3. The minimum Gasteiger partial charge on any atom is -0.488 e. The van der Waals surface area contributed by atoms with E-state index in [-0.39, 0.29) is 36.2 Å². The topological polar surface area (TPSA) is 54.9 Å². The molecule has 0 spiro atoms. The zero-order valence-corrected chi connectivity index (χ0v) is 17.2. The number of para-hydroxylation sites is 1. The number of ether oxygens (including phenoxy) is 2. The summed E-state index contributed by atoms with van der Waals surface area (Å²) in [5.74, 6) is 1.84. The van der Waals surface area contributed by atoms with E-state index in [1.54, 1.807) is 0 Å². The van der Waals surface area contributed by atoms with Gasteiger partial charge >= 0.3 is 0 Å². The number of nitrogens with zero attached hydrogens (tertiary/aromatic N) is 1. The van der Waals surface area contributed by atoms with Crippen molar-refractivity contribution >= 4 is 29.9 Å². The van der Waals surface area contributed by atoms with Gasteiger partial charge in [0.1, 0.15) is 11.9 Å². The highest BCUT2D eigenvalue weighted by atomic mass is 127. The van der Waals surface area contributed by atoms with E-state index in [4.69, 9.17) is 9.47 Å². The molecule has 24 heavy (non-hydrogen) atoms. The molecule has 0 bridgehead atoms. The highest BCUT2D eigenvalue weighted by molar-refractivity contribution is 14.0. The highest BCUT2D eigenvalue weighted by Gasteiger charge is 2.21. The Bertz CT molecular complexity index is 484. The van der Waals surface area contributed by atoms with Crippen molar-refractivity contribution in [1.29, 1.82) is 0 Å². The molecule has 136 valence electrons. The van der Waals surface area contributed by atoms with Gasteiger partial charge in [0.2, 0.25) is 0 Å². The second kappa shape index (κ2) is 11.5. The molecule has 0 aliphatic carbocycles. The number of halogens is 1. The molecule has 0 saturated carbocycles. The number of rotatable bonds is 8. The number of aliphatic imine (C=N–C) groups is 1. The van der Waals surface area contributed by atoms with E-state index in [2.05, 4.69) is 48.5 Å². The predicted molar refractivity (Wildman–Crippen MR) is 110 cm³/mol. The summed E-state index contributed by atoms with van der Waals surface area (Å²) in [5, 5.41) is 6.61. The zero-order chi connectivity index (χ0) is 16.5. The Morgan fingerprint density at radius 2 is 2.12 bits per heavy atom. The standard InChI is InChI=1S/C18H29N3O2.HI/c1-4-19-18(20-10-7-11-22-14(2)3)21-13-16-12-15-8-5-6-9-17(15)23-16;/h5-6,8-9,14,16H,4,7,10-13H2,1-3H3,(H2,19,20,21);1H. The molecule has 1 unspecified atom stereocenters. The lowest BCUT2D eigenvalue weighted by atomic mass is 10.1. The third-order valence-electron chi connectivity index (χ3n) is 3.58. The average molecular weight is 447 g/mol. The number of nitrogens with one attached hydrogen (secondary N) is 2. The molecule has 1 atom stereocenters. The third-order valence-corrected chi connectivity index (χ3v) is 3.58. The van der Waals surface area contributed by atoms with E-state index in [0.717, 1.165) is 44.2 Å². The second-order valence-electron chi connectivity index (χ2n) is 5.97. The van der Waals surface area contributed by atoms with E-state index >= 15 is 0 Å². The molecule has 2 N–H and O–H groups in total. The summed E-state index contributed by atoms with van der Waals surface area (Å²) in [6.07, 6.45) is 2.32. The van der Waals surface area contributed by atoms with Gasteiger partial charge in [0.15, 0.2) is 5.96 Å². The maximum absolute atomic E-state index is 5.92. The van der Waals surface area contributed by atoms with Crippen LogP contribution in [-0.2, 0) is 11.2 Å².